The van der Waals surface area contributed by atoms with Crippen molar-refractivity contribution in [3.05, 3.63) is 12.8 Å². The van der Waals surface area contributed by atoms with E-state index in [2.05, 4.69) is 16.1 Å². The van der Waals surface area contributed by atoms with E-state index in [0.717, 1.165) is 25.5 Å². The lowest BCUT2D eigenvalue weighted by Crippen LogP contribution is -2.42. The summed E-state index contributed by atoms with van der Waals surface area (Å²) < 4.78 is 13.8. The molecule has 1 aliphatic heterocycles. The molecule has 20 heavy (non-hydrogen) atoms. The van der Waals surface area contributed by atoms with Gasteiger partial charge in [0.25, 0.3) is 0 Å². The highest BCUT2D eigenvalue weighted by molar-refractivity contribution is 5.93. The molecular formula is C13H18O7. The van der Waals surface area contributed by atoms with E-state index >= 15 is 0 Å². The average molecular weight is 286 g/mol. The zero-order valence-corrected chi connectivity index (χ0v) is 11.5. The van der Waals surface area contributed by atoms with Gasteiger partial charge in [-0.15, -0.1) is 0 Å². The third-order valence-corrected chi connectivity index (χ3v) is 3.33. The van der Waals surface area contributed by atoms with Crippen molar-refractivity contribution in [1.82, 2.24) is 0 Å². The van der Waals surface area contributed by atoms with Gasteiger partial charge in [0.05, 0.1) is 13.4 Å². The Labute approximate surface area is 116 Å². The molecule has 2 atom stereocenters. The summed E-state index contributed by atoms with van der Waals surface area (Å²) in [5.74, 6) is -1.93. The number of carbonyl (C=O) groups excluding carboxylic acids is 2. The second-order valence-electron chi connectivity index (χ2n) is 4.52. The first-order valence-electron chi connectivity index (χ1n) is 6.17. The van der Waals surface area contributed by atoms with Crippen LogP contribution in [0.15, 0.2) is 12.8 Å². The SMILES string of the molecule is C=COC(C)=O.COC(=O)C1(C2CCC2)OC1C(=O)O. The molecule has 0 aromatic carbocycles. The normalized spacial score (nSPS) is 27.2. The van der Waals surface area contributed by atoms with Crippen molar-refractivity contribution >= 4 is 17.9 Å². The summed E-state index contributed by atoms with van der Waals surface area (Å²) in [6, 6.07) is 0. The van der Waals surface area contributed by atoms with Crippen LogP contribution in [-0.2, 0) is 28.6 Å². The van der Waals surface area contributed by atoms with Crippen LogP contribution in [0.4, 0.5) is 0 Å². The molecule has 0 aromatic rings. The molecule has 0 bridgehead atoms. The molecule has 2 fully saturated rings. The van der Waals surface area contributed by atoms with Gasteiger partial charge in [0.15, 0.2) is 6.10 Å². The van der Waals surface area contributed by atoms with Crippen LogP contribution in [-0.4, -0.2) is 41.8 Å². The number of hydrogen-bond acceptors (Lipinski definition) is 6. The molecular weight excluding hydrogens is 268 g/mol. The maximum atomic E-state index is 11.4. The van der Waals surface area contributed by atoms with Crippen molar-refractivity contribution in [2.45, 2.75) is 37.9 Å². The lowest BCUT2D eigenvalue weighted by atomic mass is 9.74. The van der Waals surface area contributed by atoms with Gasteiger partial charge in [-0.1, -0.05) is 13.0 Å². The molecule has 2 rings (SSSR count). The van der Waals surface area contributed by atoms with Crippen LogP contribution < -0.4 is 0 Å². The van der Waals surface area contributed by atoms with Gasteiger partial charge in [-0.3, -0.25) is 4.79 Å². The van der Waals surface area contributed by atoms with Gasteiger partial charge in [0, 0.05) is 12.8 Å². The number of aliphatic carboxylic acids is 1. The minimum atomic E-state index is -1.17. The molecule has 0 aromatic heterocycles. The number of rotatable bonds is 4. The number of epoxide rings is 1. The van der Waals surface area contributed by atoms with Crippen LogP contribution in [0.25, 0.3) is 0 Å². The minimum absolute atomic E-state index is 0.0241. The van der Waals surface area contributed by atoms with E-state index in [9.17, 15) is 14.4 Å². The summed E-state index contributed by atoms with van der Waals surface area (Å²) >= 11 is 0. The molecule has 1 aliphatic carbocycles. The smallest absolute Gasteiger partial charge is 0.341 e. The van der Waals surface area contributed by atoms with Crippen LogP contribution in [0.3, 0.4) is 0 Å². The number of methoxy groups -OCH3 is 1. The third-order valence-electron chi connectivity index (χ3n) is 3.33. The molecule has 7 nitrogen and oxygen atoms in total. The lowest BCUT2D eigenvalue weighted by Gasteiger charge is -2.29. The predicted octanol–water partition coefficient (Wildman–Crippen LogP) is 0.875. The Kier molecular flexibility index (Phi) is 5.26. The highest BCUT2D eigenvalue weighted by Crippen LogP contribution is 2.52. The molecule has 7 heteroatoms. The van der Waals surface area contributed by atoms with Gasteiger partial charge in [-0.2, -0.15) is 0 Å². The molecule has 2 unspecified atom stereocenters. The Morgan fingerprint density at radius 1 is 1.40 bits per heavy atom. The van der Waals surface area contributed by atoms with Crippen LogP contribution in [0.5, 0.6) is 0 Å². The number of ether oxygens (including phenoxy) is 3. The molecule has 1 saturated heterocycles. The summed E-state index contributed by atoms with van der Waals surface area (Å²) in [6.45, 7) is 4.48. The second-order valence-corrected chi connectivity index (χ2v) is 4.52. The molecule has 0 radical (unpaired) electrons. The molecule has 1 N–H and O–H groups in total. The van der Waals surface area contributed by atoms with Crippen LogP contribution in [0.1, 0.15) is 26.2 Å². The van der Waals surface area contributed by atoms with Crippen molar-refractivity contribution in [3.63, 3.8) is 0 Å². The number of esters is 2. The minimum Gasteiger partial charge on any atom is -0.479 e. The van der Waals surface area contributed by atoms with Crippen molar-refractivity contribution in [2.24, 2.45) is 5.92 Å². The number of hydrogen-bond donors (Lipinski definition) is 1. The quantitative estimate of drug-likeness (QED) is 0.464. The highest BCUT2D eigenvalue weighted by atomic mass is 16.7. The van der Waals surface area contributed by atoms with Gasteiger partial charge >= 0.3 is 17.9 Å². The Morgan fingerprint density at radius 2 is 2.00 bits per heavy atom. The van der Waals surface area contributed by atoms with E-state index in [1.165, 1.54) is 14.0 Å². The van der Waals surface area contributed by atoms with E-state index in [-0.39, 0.29) is 11.9 Å². The molecule has 1 heterocycles. The van der Waals surface area contributed by atoms with E-state index in [0.29, 0.717) is 0 Å². The summed E-state index contributed by atoms with van der Waals surface area (Å²) in [5, 5.41) is 8.77. The predicted molar refractivity (Wildman–Crippen MR) is 66.6 cm³/mol. The Balaban J connectivity index is 0.000000286. The van der Waals surface area contributed by atoms with Crippen LogP contribution >= 0.6 is 0 Å². The van der Waals surface area contributed by atoms with Crippen LogP contribution in [0.2, 0.25) is 0 Å². The van der Waals surface area contributed by atoms with Gasteiger partial charge in [0.1, 0.15) is 0 Å². The number of carboxylic acids is 1. The average Bonchev–Trinajstić information content (AvgIpc) is 3.03. The Morgan fingerprint density at radius 3 is 2.20 bits per heavy atom. The maximum absolute atomic E-state index is 11.4. The fourth-order valence-corrected chi connectivity index (χ4v) is 2.14. The first-order chi connectivity index (χ1) is 9.40. The standard InChI is InChI=1S/C9H12O5.C4H6O2/c1-13-8(12)9(5-3-2-4-5)6(14-9)7(10)11;1-3-6-4(2)5/h5-6H,2-4H2,1H3,(H,10,11);3H,1H2,2H3. The van der Waals surface area contributed by atoms with Crippen molar-refractivity contribution in [3.8, 4) is 0 Å². The topological polar surface area (TPSA) is 102 Å². The third kappa shape index (κ3) is 3.16. The summed E-state index contributed by atoms with van der Waals surface area (Å²) in [5.41, 5.74) is -1.17. The van der Waals surface area contributed by atoms with Gasteiger partial charge in [-0.25, -0.2) is 9.59 Å². The van der Waals surface area contributed by atoms with Crippen molar-refractivity contribution < 1.29 is 33.7 Å². The number of carboxylic acid groups (broad SMARTS) is 1. The van der Waals surface area contributed by atoms with Crippen molar-refractivity contribution in [1.29, 1.82) is 0 Å². The molecule has 1 saturated carbocycles. The first-order valence-corrected chi connectivity index (χ1v) is 6.17. The van der Waals surface area contributed by atoms with E-state index < -0.39 is 23.6 Å². The van der Waals surface area contributed by atoms with E-state index in [1.54, 1.807) is 0 Å². The van der Waals surface area contributed by atoms with Gasteiger partial charge in [-0.05, 0) is 12.8 Å². The summed E-state index contributed by atoms with van der Waals surface area (Å²) in [6.07, 6.45) is 2.82. The first kappa shape index (κ1) is 16.2. The Bertz CT molecular complexity index is 413. The van der Waals surface area contributed by atoms with E-state index in [1.807, 2.05) is 0 Å². The number of carbonyl (C=O) groups is 3. The maximum Gasteiger partial charge on any atom is 0.341 e. The molecule has 0 spiro atoms. The second kappa shape index (κ2) is 6.51. The highest BCUT2D eigenvalue weighted by Gasteiger charge is 2.72. The fourth-order valence-electron chi connectivity index (χ4n) is 2.14. The van der Waals surface area contributed by atoms with Crippen LogP contribution in [0, 0.1) is 5.92 Å². The molecule has 0 amide bonds. The zero-order chi connectivity index (χ0) is 15.3. The lowest BCUT2D eigenvalue weighted by molar-refractivity contribution is -0.151. The van der Waals surface area contributed by atoms with Gasteiger partial charge in [0.2, 0.25) is 5.60 Å². The van der Waals surface area contributed by atoms with Gasteiger partial charge < -0.3 is 19.3 Å². The summed E-state index contributed by atoms with van der Waals surface area (Å²) in [7, 11) is 1.25. The fraction of sp³-hybridized carbons (Fsp3) is 0.615. The molecule has 2 aliphatic rings. The van der Waals surface area contributed by atoms with E-state index in [4.69, 9.17) is 9.84 Å². The summed E-state index contributed by atoms with van der Waals surface area (Å²) in [4.78, 5) is 31.9. The molecule has 112 valence electrons. The zero-order valence-electron chi connectivity index (χ0n) is 11.5. The largest absolute Gasteiger partial charge is 0.479 e. The monoisotopic (exact) mass is 286 g/mol. The van der Waals surface area contributed by atoms with Crippen molar-refractivity contribution in [2.75, 3.05) is 7.11 Å². The Hall–Kier alpha value is -1.89.